The van der Waals surface area contributed by atoms with Crippen molar-refractivity contribution in [2.75, 3.05) is 13.7 Å². The summed E-state index contributed by atoms with van der Waals surface area (Å²) >= 11 is 0. The molecule has 2 amide bonds. The van der Waals surface area contributed by atoms with Gasteiger partial charge in [0.1, 0.15) is 17.9 Å². The fraction of sp³-hybridized carbons (Fsp3) is 0.526. The Hall–Kier alpha value is -2.21. The Bertz CT molecular complexity index is 715. The van der Waals surface area contributed by atoms with Crippen molar-refractivity contribution in [2.24, 2.45) is 11.8 Å². The number of aryl methyl sites for hydroxylation is 1. The summed E-state index contributed by atoms with van der Waals surface area (Å²) in [5, 5.41) is 1.89. The first-order valence-corrected chi connectivity index (χ1v) is 8.77. The number of amides is 2. The Morgan fingerprint density at radius 2 is 1.84 bits per heavy atom. The quantitative estimate of drug-likeness (QED) is 0.639. The summed E-state index contributed by atoms with van der Waals surface area (Å²) in [4.78, 5) is 39.8. The van der Waals surface area contributed by atoms with Gasteiger partial charge in [0.2, 0.25) is 17.4 Å². The number of hydrogen-bond donors (Lipinski definition) is 1. The minimum Gasteiger partial charge on any atom is -0.464 e. The SMILES string of the molecule is CCN1C(=O)[C@H]2[C@@H](C1=O)[C@@](CC)(C(=O)OC)[NH2+][C@H]2c1ccc(C)cc1. The number of hydrogen-bond acceptors (Lipinski definition) is 4. The lowest BCUT2D eigenvalue weighted by Gasteiger charge is -2.28. The number of fused-ring (bicyclic) bond motifs is 1. The third-order valence-electron chi connectivity index (χ3n) is 5.79. The van der Waals surface area contributed by atoms with Gasteiger partial charge in [0, 0.05) is 18.5 Å². The van der Waals surface area contributed by atoms with Gasteiger partial charge in [-0.2, -0.15) is 0 Å². The maximum Gasteiger partial charge on any atom is 0.368 e. The van der Waals surface area contributed by atoms with Gasteiger partial charge in [-0.25, -0.2) is 4.79 Å². The lowest BCUT2D eigenvalue weighted by atomic mass is 9.78. The number of benzene rings is 1. The maximum absolute atomic E-state index is 12.9. The van der Waals surface area contributed by atoms with E-state index in [9.17, 15) is 14.4 Å². The number of imide groups is 1. The van der Waals surface area contributed by atoms with E-state index in [0.717, 1.165) is 11.1 Å². The Labute approximate surface area is 147 Å². The van der Waals surface area contributed by atoms with Crippen LogP contribution in [0.1, 0.15) is 37.4 Å². The van der Waals surface area contributed by atoms with E-state index in [1.54, 1.807) is 6.92 Å². The van der Waals surface area contributed by atoms with E-state index in [-0.39, 0.29) is 17.9 Å². The molecule has 1 aromatic carbocycles. The molecule has 3 rings (SSSR count). The van der Waals surface area contributed by atoms with Gasteiger partial charge in [-0.1, -0.05) is 36.8 Å². The van der Waals surface area contributed by atoms with E-state index < -0.39 is 23.3 Å². The molecule has 0 spiro atoms. The van der Waals surface area contributed by atoms with Crippen molar-refractivity contribution < 1.29 is 24.4 Å². The lowest BCUT2D eigenvalue weighted by molar-refractivity contribution is -0.734. The van der Waals surface area contributed by atoms with Crippen molar-refractivity contribution >= 4 is 17.8 Å². The number of methoxy groups -OCH3 is 1. The van der Waals surface area contributed by atoms with Gasteiger partial charge >= 0.3 is 5.97 Å². The molecule has 0 bridgehead atoms. The van der Waals surface area contributed by atoms with E-state index >= 15 is 0 Å². The zero-order chi connectivity index (χ0) is 18.4. The minimum absolute atomic E-state index is 0.182. The molecular weight excluding hydrogens is 320 g/mol. The third-order valence-corrected chi connectivity index (χ3v) is 5.79. The third kappa shape index (κ3) is 2.39. The number of rotatable bonds is 4. The fourth-order valence-electron chi connectivity index (χ4n) is 4.45. The summed E-state index contributed by atoms with van der Waals surface area (Å²) < 4.78 is 5.04. The second-order valence-corrected chi connectivity index (χ2v) is 6.91. The Morgan fingerprint density at radius 3 is 2.36 bits per heavy atom. The highest BCUT2D eigenvalue weighted by atomic mass is 16.5. The average Bonchev–Trinajstić information content (AvgIpc) is 3.10. The zero-order valence-corrected chi connectivity index (χ0v) is 15.1. The summed E-state index contributed by atoms with van der Waals surface area (Å²) in [6.45, 7) is 5.98. The second kappa shape index (κ2) is 6.26. The first kappa shape index (κ1) is 17.6. The molecule has 1 aromatic rings. The molecule has 134 valence electrons. The van der Waals surface area contributed by atoms with Crippen LogP contribution in [0.2, 0.25) is 0 Å². The zero-order valence-electron chi connectivity index (χ0n) is 15.1. The highest BCUT2D eigenvalue weighted by molar-refractivity contribution is 6.08. The molecule has 0 aliphatic carbocycles. The Kier molecular flexibility index (Phi) is 4.41. The first-order chi connectivity index (χ1) is 11.9. The molecule has 2 N–H and O–H groups in total. The summed E-state index contributed by atoms with van der Waals surface area (Å²) in [5.74, 6) is -2.08. The topological polar surface area (TPSA) is 80.3 Å². The monoisotopic (exact) mass is 345 g/mol. The van der Waals surface area contributed by atoms with Crippen molar-refractivity contribution in [1.29, 1.82) is 0 Å². The number of quaternary nitrogens is 1. The van der Waals surface area contributed by atoms with Gasteiger partial charge in [0.05, 0.1) is 7.11 Å². The molecule has 2 heterocycles. The Balaban J connectivity index is 2.13. The number of likely N-dealkylation sites (tertiary alicyclic amines) is 1. The highest BCUT2D eigenvalue weighted by Crippen LogP contribution is 2.45. The molecule has 2 aliphatic heterocycles. The van der Waals surface area contributed by atoms with Gasteiger partial charge in [-0.05, 0) is 13.8 Å². The largest absolute Gasteiger partial charge is 0.464 e. The van der Waals surface area contributed by atoms with Crippen molar-refractivity contribution in [2.45, 2.75) is 38.8 Å². The van der Waals surface area contributed by atoms with E-state index in [4.69, 9.17) is 4.74 Å². The number of esters is 1. The molecule has 2 fully saturated rings. The summed E-state index contributed by atoms with van der Waals surface area (Å²) in [6.07, 6.45) is 0.430. The Morgan fingerprint density at radius 1 is 1.20 bits per heavy atom. The van der Waals surface area contributed by atoms with E-state index in [1.807, 2.05) is 43.4 Å². The average molecular weight is 345 g/mol. The molecule has 6 nitrogen and oxygen atoms in total. The van der Waals surface area contributed by atoms with E-state index in [0.29, 0.717) is 13.0 Å². The minimum atomic E-state index is -1.05. The van der Waals surface area contributed by atoms with Gasteiger partial charge in [0.15, 0.2) is 0 Å². The van der Waals surface area contributed by atoms with Crippen molar-refractivity contribution in [1.82, 2.24) is 4.90 Å². The molecule has 6 heteroatoms. The molecular formula is C19H25N2O4+. The summed E-state index contributed by atoms with van der Waals surface area (Å²) in [6, 6.07) is 7.66. The predicted molar refractivity (Wildman–Crippen MR) is 90.3 cm³/mol. The van der Waals surface area contributed by atoms with Crippen LogP contribution in [0, 0.1) is 18.8 Å². The van der Waals surface area contributed by atoms with Gasteiger partial charge in [-0.15, -0.1) is 0 Å². The maximum atomic E-state index is 12.9. The first-order valence-electron chi connectivity index (χ1n) is 8.77. The lowest BCUT2D eigenvalue weighted by Crippen LogP contribution is -2.98. The predicted octanol–water partition coefficient (Wildman–Crippen LogP) is 0.556. The van der Waals surface area contributed by atoms with Gasteiger partial charge in [-0.3, -0.25) is 14.5 Å². The number of carbonyl (C=O) groups is 3. The molecule has 0 aromatic heterocycles. The number of ether oxygens (including phenoxy) is 1. The standard InChI is InChI=1S/C19H24N2O4/c1-5-19(18(24)25-4)14-13(16(22)21(6-2)17(14)23)15(20-19)12-9-7-11(3)8-10-12/h7-10,13-15,20H,5-6H2,1-4H3/p+1/t13-,14-,15-,19-/m0/s1. The molecule has 2 aliphatic rings. The molecule has 25 heavy (non-hydrogen) atoms. The fourth-order valence-corrected chi connectivity index (χ4v) is 4.45. The van der Waals surface area contributed by atoms with Crippen LogP contribution in [-0.2, 0) is 19.1 Å². The van der Waals surface area contributed by atoms with E-state index in [1.165, 1.54) is 12.0 Å². The number of nitrogens with zero attached hydrogens (tertiary/aromatic N) is 1. The summed E-state index contributed by atoms with van der Waals surface area (Å²) in [7, 11) is 1.33. The van der Waals surface area contributed by atoms with Crippen LogP contribution in [-0.4, -0.2) is 41.9 Å². The van der Waals surface area contributed by atoms with Crippen LogP contribution in [0.3, 0.4) is 0 Å². The van der Waals surface area contributed by atoms with E-state index in [2.05, 4.69) is 0 Å². The molecule has 0 radical (unpaired) electrons. The van der Waals surface area contributed by atoms with Crippen LogP contribution in [0.4, 0.5) is 0 Å². The molecule has 0 unspecified atom stereocenters. The van der Waals surface area contributed by atoms with Crippen molar-refractivity contribution in [3.05, 3.63) is 35.4 Å². The smallest absolute Gasteiger partial charge is 0.368 e. The van der Waals surface area contributed by atoms with Crippen molar-refractivity contribution in [3.63, 3.8) is 0 Å². The van der Waals surface area contributed by atoms with Gasteiger partial charge < -0.3 is 10.1 Å². The molecule has 0 saturated carbocycles. The molecule has 4 atom stereocenters. The van der Waals surface area contributed by atoms with Crippen LogP contribution in [0.5, 0.6) is 0 Å². The van der Waals surface area contributed by atoms with Crippen LogP contribution >= 0.6 is 0 Å². The number of nitrogens with two attached hydrogens (primary N) is 1. The highest BCUT2D eigenvalue weighted by Gasteiger charge is 2.71. The molecule has 2 saturated heterocycles. The van der Waals surface area contributed by atoms with Crippen LogP contribution in [0.25, 0.3) is 0 Å². The number of carbonyl (C=O) groups excluding carboxylic acids is 3. The van der Waals surface area contributed by atoms with Crippen LogP contribution in [0.15, 0.2) is 24.3 Å². The second-order valence-electron chi connectivity index (χ2n) is 6.91. The summed E-state index contributed by atoms with van der Waals surface area (Å²) in [5.41, 5.74) is 1.03. The van der Waals surface area contributed by atoms with Crippen molar-refractivity contribution in [3.8, 4) is 0 Å². The van der Waals surface area contributed by atoms with Crippen LogP contribution < -0.4 is 5.32 Å². The van der Waals surface area contributed by atoms with Gasteiger partial charge in [0.25, 0.3) is 0 Å². The normalized spacial score (nSPS) is 31.4.